The quantitative estimate of drug-likeness (QED) is 0.795. The van der Waals surface area contributed by atoms with Gasteiger partial charge in [-0.1, -0.05) is 6.08 Å². The summed E-state index contributed by atoms with van der Waals surface area (Å²) in [6.07, 6.45) is 3.14. The molecule has 0 saturated carbocycles. The molecule has 2 rings (SSSR count). The number of piperazine rings is 1. The lowest BCUT2D eigenvalue weighted by molar-refractivity contribution is 0.160. The van der Waals surface area contributed by atoms with E-state index in [2.05, 4.69) is 16.8 Å². The Labute approximate surface area is 142 Å². The van der Waals surface area contributed by atoms with Gasteiger partial charge in [0, 0.05) is 49.9 Å². The number of nitrogens with one attached hydrogen (secondary N) is 1. The van der Waals surface area contributed by atoms with Gasteiger partial charge < -0.3 is 10.4 Å². The average molecular weight is 355 g/mol. The van der Waals surface area contributed by atoms with Crippen LogP contribution in [0.3, 0.4) is 0 Å². The first-order valence-electron chi connectivity index (χ1n) is 6.87. The van der Waals surface area contributed by atoms with E-state index in [9.17, 15) is 13.9 Å². The highest BCUT2D eigenvalue weighted by Crippen LogP contribution is 2.35. The molecule has 22 heavy (non-hydrogen) atoms. The number of phenolic OH excluding ortho intramolecular Hbond substituents is 1. The number of nitrogens with zero attached hydrogens (tertiary/aromatic N) is 1. The molecular weight excluding hydrogens is 333 g/mol. The fourth-order valence-corrected chi connectivity index (χ4v) is 2.68. The van der Waals surface area contributed by atoms with E-state index in [1.54, 1.807) is 6.08 Å². The molecule has 1 saturated heterocycles. The van der Waals surface area contributed by atoms with Crippen molar-refractivity contribution in [3.05, 3.63) is 42.0 Å². The van der Waals surface area contributed by atoms with Crippen LogP contribution in [0.1, 0.15) is 24.4 Å². The van der Waals surface area contributed by atoms with E-state index in [0.29, 0.717) is 12.8 Å². The fourth-order valence-electron chi connectivity index (χ4n) is 2.68. The van der Waals surface area contributed by atoms with Crippen molar-refractivity contribution in [1.29, 1.82) is 0 Å². The van der Waals surface area contributed by atoms with Crippen molar-refractivity contribution in [2.45, 2.75) is 18.9 Å². The van der Waals surface area contributed by atoms with E-state index in [4.69, 9.17) is 0 Å². The zero-order valence-electron chi connectivity index (χ0n) is 12.2. The highest BCUT2D eigenvalue weighted by molar-refractivity contribution is 5.85. The second-order valence-corrected chi connectivity index (χ2v) is 4.99. The van der Waals surface area contributed by atoms with Crippen molar-refractivity contribution in [2.24, 2.45) is 0 Å². The van der Waals surface area contributed by atoms with Crippen molar-refractivity contribution >= 4 is 24.8 Å². The van der Waals surface area contributed by atoms with E-state index in [0.717, 1.165) is 38.3 Å². The molecule has 7 heteroatoms. The molecule has 1 aliphatic heterocycles. The number of hydrogen-bond acceptors (Lipinski definition) is 3. The minimum absolute atomic E-state index is 0. The third-order valence-corrected chi connectivity index (χ3v) is 3.64. The lowest BCUT2D eigenvalue weighted by Gasteiger charge is -2.35. The number of aromatic hydroxyl groups is 1. The van der Waals surface area contributed by atoms with Gasteiger partial charge in [0.05, 0.1) is 0 Å². The lowest BCUT2D eigenvalue weighted by atomic mass is 9.97. The predicted octanol–water partition coefficient (Wildman–Crippen LogP) is 3.43. The first kappa shape index (κ1) is 21.1. The van der Waals surface area contributed by atoms with Crippen molar-refractivity contribution < 1.29 is 13.9 Å². The summed E-state index contributed by atoms with van der Waals surface area (Å²) in [5, 5.41) is 13.2. The van der Waals surface area contributed by atoms with Crippen LogP contribution in [0, 0.1) is 11.6 Å². The van der Waals surface area contributed by atoms with Crippen molar-refractivity contribution in [3.63, 3.8) is 0 Å². The second kappa shape index (κ2) is 10.0. The number of allylic oxidation sites excluding steroid dienone is 1. The van der Waals surface area contributed by atoms with Gasteiger partial charge in [0.2, 0.25) is 0 Å². The van der Waals surface area contributed by atoms with Crippen LogP contribution in [-0.4, -0.2) is 36.2 Å². The molecule has 2 N–H and O–H groups in total. The standard InChI is InChI=1S/C15H20F2N2O.2ClH/c1-2-3-4-13(19-7-5-18-6-8-19)15-12(17)9-11(16)10-14(15)20;;/h2,9-10,13,18,20H,1,3-8H2;2*1H/t13-;;/m1../s1. The van der Waals surface area contributed by atoms with Crippen LogP contribution < -0.4 is 5.32 Å². The van der Waals surface area contributed by atoms with Gasteiger partial charge in [-0.05, 0) is 12.8 Å². The van der Waals surface area contributed by atoms with Crippen LogP contribution in [0.25, 0.3) is 0 Å². The first-order valence-corrected chi connectivity index (χ1v) is 6.87. The molecule has 126 valence electrons. The highest BCUT2D eigenvalue weighted by Gasteiger charge is 2.27. The van der Waals surface area contributed by atoms with Gasteiger partial charge in [-0.2, -0.15) is 0 Å². The Morgan fingerprint density at radius 3 is 2.45 bits per heavy atom. The van der Waals surface area contributed by atoms with Gasteiger partial charge in [0.15, 0.2) is 0 Å². The Balaban J connectivity index is 0.00000220. The summed E-state index contributed by atoms with van der Waals surface area (Å²) in [4.78, 5) is 2.12. The SMILES string of the molecule is C=CCC[C@H](c1c(O)cc(F)cc1F)N1CCNCC1.Cl.Cl. The maximum absolute atomic E-state index is 14.1. The number of hydrogen-bond donors (Lipinski definition) is 2. The van der Waals surface area contributed by atoms with Crippen LogP contribution >= 0.6 is 24.8 Å². The Kier molecular flexibility index (Phi) is 9.60. The van der Waals surface area contributed by atoms with Crippen LogP contribution in [0.5, 0.6) is 5.75 Å². The average Bonchev–Trinajstić information content (AvgIpc) is 2.42. The molecule has 1 aromatic carbocycles. The number of rotatable bonds is 5. The molecule has 0 aromatic heterocycles. The molecule has 0 unspecified atom stereocenters. The molecule has 0 aliphatic carbocycles. The first-order chi connectivity index (χ1) is 9.63. The summed E-state index contributed by atoms with van der Waals surface area (Å²) in [7, 11) is 0. The number of halogens is 4. The summed E-state index contributed by atoms with van der Waals surface area (Å²) in [5.41, 5.74) is 0.190. The Bertz CT molecular complexity index is 460. The topological polar surface area (TPSA) is 35.5 Å². The fraction of sp³-hybridized carbons (Fsp3) is 0.467. The van der Waals surface area contributed by atoms with Gasteiger partial charge in [-0.3, -0.25) is 4.90 Å². The van der Waals surface area contributed by atoms with E-state index in [1.165, 1.54) is 0 Å². The summed E-state index contributed by atoms with van der Waals surface area (Å²) in [5.74, 6) is -1.75. The summed E-state index contributed by atoms with van der Waals surface area (Å²) in [6.45, 7) is 6.89. The molecule has 0 amide bonds. The van der Waals surface area contributed by atoms with E-state index >= 15 is 0 Å². The third-order valence-electron chi connectivity index (χ3n) is 3.64. The monoisotopic (exact) mass is 354 g/mol. The predicted molar refractivity (Wildman–Crippen MR) is 89.1 cm³/mol. The molecule has 0 spiro atoms. The summed E-state index contributed by atoms with van der Waals surface area (Å²) < 4.78 is 27.2. The maximum atomic E-state index is 14.1. The van der Waals surface area contributed by atoms with Crippen LogP contribution in [0.4, 0.5) is 8.78 Å². The van der Waals surface area contributed by atoms with Gasteiger partial charge in [-0.25, -0.2) is 8.78 Å². The normalized spacial score (nSPS) is 16.3. The van der Waals surface area contributed by atoms with Gasteiger partial charge in [0.25, 0.3) is 0 Å². The molecule has 0 radical (unpaired) electrons. The minimum atomic E-state index is -0.758. The number of phenols is 1. The van der Waals surface area contributed by atoms with E-state index in [1.807, 2.05) is 0 Å². The Hall–Kier alpha value is -0.880. The van der Waals surface area contributed by atoms with E-state index in [-0.39, 0.29) is 42.2 Å². The number of benzene rings is 1. The third kappa shape index (κ3) is 5.09. The summed E-state index contributed by atoms with van der Waals surface area (Å²) >= 11 is 0. The van der Waals surface area contributed by atoms with Crippen LogP contribution in [0.2, 0.25) is 0 Å². The zero-order chi connectivity index (χ0) is 14.5. The van der Waals surface area contributed by atoms with Crippen LogP contribution in [-0.2, 0) is 0 Å². The van der Waals surface area contributed by atoms with Crippen molar-refractivity contribution in [2.75, 3.05) is 26.2 Å². The van der Waals surface area contributed by atoms with Gasteiger partial charge >= 0.3 is 0 Å². The molecule has 1 aliphatic rings. The van der Waals surface area contributed by atoms with Crippen LogP contribution in [0.15, 0.2) is 24.8 Å². The van der Waals surface area contributed by atoms with E-state index < -0.39 is 11.6 Å². The Morgan fingerprint density at radius 2 is 1.91 bits per heavy atom. The maximum Gasteiger partial charge on any atom is 0.134 e. The van der Waals surface area contributed by atoms with Crippen molar-refractivity contribution in [1.82, 2.24) is 10.2 Å². The summed E-state index contributed by atoms with van der Waals surface area (Å²) in [6, 6.07) is 1.55. The minimum Gasteiger partial charge on any atom is -0.507 e. The molecule has 1 heterocycles. The van der Waals surface area contributed by atoms with Crippen molar-refractivity contribution in [3.8, 4) is 5.75 Å². The van der Waals surface area contributed by atoms with Gasteiger partial charge in [-0.15, -0.1) is 31.4 Å². The lowest BCUT2D eigenvalue weighted by Crippen LogP contribution is -2.45. The Morgan fingerprint density at radius 1 is 1.27 bits per heavy atom. The zero-order valence-corrected chi connectivity index (χ0v) is 13.9. The largest absolute Gasteiger partial charge is 0.507 e. The second-order valence-electron chi connectivity index (χ2n) is 4.99. The highest BCUT2D eigenvalue weighted by atomic mass is 35.5. The molecule has 3 nitrogen and oxygen atoms in total. The smallest absolute Gasteiger partial charge is 0.134 e. The molecule has 1 aromatic rings. The molecule has 1 atom stereocenters. The molecular formula is C15H22Cl2F2N2O. The van der Waals surface area contributed by atoms with Gasteiger partial charge in [0.1, 0.15) is 17.4 Å². The molecule has 0 bridgehead atoms. The molecule has 1 fully saturated rings.